The van der Waals surface area contributed by atoms with E-state index < -0.39 is 8.80 Å². The average Bonchev–Trinajstić information content (AvgIpc) is 2.80. The molecule has 3 aliphatic rings. The Kier molecular flexibility index (Phi) is 5.81. The Balaban J connectivity index is 0.000000640. The first-order valence-electron chi connectivity index (χ1n) is 5.02. The second-order valence-corrected chi connectivity index (χ2v) is 11.1. The molecule has 0 aromatic rings. The second-order valence-electron chi connectivity index (χ2n) is 3.91. The standard InChI is InChI=1S/C11H11ClSi.2ClH.Zr/c12-9-13(10-5-1-2-6-10)11-7-3-4-8-11;;;/h1,3,5,7,13H,2,4,9H2;2*1H;/q;;;+2/p-2. The smallest absolute Gasteiger partial charge is 1.00 e. The molecule has 3 rings (SSSR count). The third kappa shape index (κ3) is 2.37. The van der Waals surface area contributed by atoms with Crippen LogP contribution in [0, 0.1) is 0 Å². The molecule has 0 radical (unpaired) electrons. The van der Waals surface area contributed by atoms with Crippen LogP contribution in [0.1, 0.15) is 12.8 Å². The van der Waals surface area contributed by atoms with Gasteiger partial charge in [0, 0.05) is 0 Å². The van der Waals surface area contributed by atoms with E-state index in [1.807, 2.05) is 6.56 Å². The summed E-state index contributed by atoms with van der Waals surface area (Å²) < 4.78 is 3.68. The Morgan fingerprint density at radius 3 is 2.00 bits per heavy atom. The van der Waals surface area contributed by atoms with Crippen molar-refractivity contribution >= 4 is 20.4 Å². The predicted octanol–water partition coefficient (Wildman–Crippen LogP) is -3.40. The topological polar surface area (TPSA) is 0 Å². The summed E-state index contributed by atoms with van der Waals surface area (Å²) in [5.41, 5.74) is 0.895. The van der Waals surface area contributed by atoms with E-state index in [4.69, 9.17) is 11.6 Å². The van der Waals surface area contributed by atoms with Gasteiger partial charge < -0.3 is 24.8 Å². The molecule has 0 atom stereocenters. The zero-order valence-electron chi connectivity index (χ0n) is 8.64. The minimum absolute atomic E-state index is 0. The first kappa shape index (κ1) is 15.0. The van der Waals surface area contributed by atoms with Crippen molar-refractivity contribution < 1.29 is 48.0 Å². The second kappa shape index (κ2) is 6.20. The van der Waals surface area contributed by atoms with Crippen molar-refractivity contribution in [1.29, 1.82) is 0 Å². The van der Waals surface area contributed by atoms with Crippen LogP contribution in [0.5, 0.6) is 0 Å². The monoisotopic (exact) mass is 366 g/mol. The number of alkyl halides is 1. The fraction of sp³-hybridized carbons (Fsp3) is 0.273. The van der Waals surface area contributed by atoms with E-state index in [-0.39, 0.29) is 48.0 Å². The zero-order valence-corrected chi connectivity index (χ0v) is 14.5. The molecule has 0 nitrogen and oxygen atoms in total. The first-order valence-corrected chi connectivity index (χ1v) is 9.98. The minimum Gasteiger partial charge on any atom is -1.00 e. The van der Waals surface area contributed by atoms with Crippen LogP contribution in [0.2, 0.25) is 0 Å². The summed E-state index contributed by atoms with van der Waals surface area (Å²) in [5, 5.41) is 3.44. The molecule has 0 amide bonds. The van der Waals surface area contributed by atoms with Crippen molar-refractivity contribution in [3.8, 4) is 0 Å². The van der Waals surface area contributed by atoms with Gasteiger partial charge in [0.25, 0.3) is 0 Å². The number of hydrogen-bond acceptors (Lipinski definition) is 0. The van der Waals surface area contributed by atoms with Crippen molar-refractivity contribution in [1.82, 2.24) is 0 Å². The molecule has 5 heteroatoms. The third-order valence-corrected chi connectivity index (χ3v) is 12.3. The molecular weight excluding hydrogens is 358 g/mol. The van der Waals surface area contributed by atoms with Crippen LogP contribution in [0.3, 0.4) is 0 Å². The van der Waals surface area contributed by atoms with Gasteiger partial charge in [-0.15, -0.1) is 0 Å². The van der Waals surface area contributed by atoms with E-state index in [1.54, 1.807) is 10.4 Å². The van der Waals surface area contributed by atoms with Gasteiger partial charge in [-0.2, -0.15) is 0 Å². The van der Waals surface area contributed by atoms with Crippen LogP contribution in [0.25, 0.3) is 0 Å². The maximum Gasteiger partial charge on any atom is -1.00 e. The maximum absolute atomic E-state index is 6.16. The number of allylic oxidation sites excluding steroid dienone is 8. The van der Waals surface area contributed by atoms with Gasteiger partial charge in [-0.05, 0) is 0 Å². The van der Waals surface area contributed by atoms with Crippen LogP contribution in [0.4, 0.5) is 0 Å². The number of rotatable bonds is 1. The quantitative estimate of drug-likeness (QED) is 0.334. The van der Waals surface area contributed by atoms with E-state index in [0.717, 1.165) is 5.50 Å². The molecular formula is C11H11Cl3SiZr. The van der Waals surface area contributed by atoms with Gasteiger partial charge in [0.15, 0.2) is 0 Å². The fourth-order valence-corrected chi connectivity index (χ4v) is 12.5. The normalized spacial score (nSPS) is 20.8. The summed E-state index contributed by atoms with van der Waals surface area (Å²) in [7, 11) is -0.932. The van der Waals surface area contributed by atoms with Crippen molar-refractivity contribution in [2.45, 2.75) is 12.8 Å². The minimum atomic E-state index is -0.932. The van der Waals surface area contributed by atoms with E-state index >= 15 is 0 Å². The van der Waals surface area contributed by atoms with Crippen molar-refractivity contribution in [2.75, 3.05) is 5.50 Å². The Morgan fingerprint density at radius 2 is 1.56 bits per heavy atom. The molecule has 16 heavy (non-hydrogen) atoms. The van der Waals surface area contributed by atoms with Gasteiger partial charge in [0.05, 0.1) is 0 Å². The largest absolute Gasteiger partial charge is 1.00 e. The molecule has 0 aromatic carbocycles. The summed E-state index contributed by atoms with van der Waals surface area (Å²) >= 11 is 5.80. The van der Waals surface area contributed by atoms with Crippen molar-refractivity contribution in [3.05, 3.63) is 41.3 Å². The molecule has 0 bridgehead atoms. The third-order valence-electron chi connectivity index (χ3n) is 3.14. The summed E-state index contributed by atoms with van der Waals surface area (Å²) in [6.07, 6.45) is 12.0. The molecule has 2 aliphatic carbocycles. The van der Waals surface area contributed by atoms with Gasteiger partial charge >= 0.3 is 103 Å². The summed E-state index contributed by atoms with van der Waals surface area (Å²) in [6.45, 7) is 0. The summed E-state index contributed by atoms with van der Waals surface area (Å²) in [4.78, 5) is 0. The van der Waals surface area contributed by atoms with E-state index in [1.165, 1.54) is 12.8 Å². The van der Waals surface area contributed by atoms with Crippen molar-refractivity contribution in [2.24, 2.45) is 0 Å². The zero-order chi connectivity index (χ0) is 9.54. The maximum atomic E-state index is 6.16. The number of hydrogen-bond donors (Lipinski definition) is 0. The Bertz CT molecular complexity index is 373. The summed E-state index contributed by atoms with van der Waals surface area (Å²) in [5.74, 6) is 0. The fourth-order valence-electron chi connectivity index (χ4n) is 2.46. The van der Waals surface area contributed by atoms with Gasteiger partial charge in [0.2, 0.25) is 0 Å². The molecule has 0 unspecified atom stereocenters. The van der Waals surface area contributed by atoms with Gasteiger partial charge in [-0.25, -0.2) is 0 Å². The molecule has 0 N–H and O–H groups in total. The molecule has 0 saturated heterocycles. The van der Waals surface area contributed by atoms with Gasteiger partial charge in [-0.1, -0.05) is 0 Å². The molecule has 0 spiro atoms. The molecule has 0 aromatic heterocycles. The van der Waals surface area contributed by atoms with Crippen LogP contribution >= 0.6 is 11.6 Å². The van der Waals surface area contributed by atoms with Crippen LogP contribution in [0.15, 0.2) is 41.3 Å². The van der Waals surface area contributed by atoms with Crippen molar-refractivity contribution in [3.63, 3.8) is 0 Å². The van der Waals surface area contributed by atoms with Crippen LogP contribution in [-0.2, 0) is 23.2 Å². The van der Waals surface area contributed by atoms with Crippen LogP contribution in [-0.4, -0.2) is 14.3 Å². The van der Waals surface area contributed by atoms with E-state index in [9.17, 15) is 0 Å². The van der Waals surface area contributed by atoms with E-state index in [0.29, 0.717) is 0 Å². The van der Waals surface area contributed by atoms with Crippen LogP contribution < -0.4 is 24.8 Å². The number of halogens is 3. The Hall–Kier alpha value is 0.930. The molecule has 84 valence electrons. The average molecular weight is 369 g/mol. The predicted molar refractivity (Wildman–Crippen MR) is 59.4 cm³/mol. The SMILES string of the molecule is ClC[SiH]1C2=[C](CC=C2)[Zr+2][C]2=C1C=CC2.[Cl-].[Cl-]. The van der Waals surface area contributed by atoms with E-state index in [2.05, 4.69) is 24.3 Å². The Morgan fingerprint density at radius 1 is 1.06 bits per heavy atom. The molecule has 1 heterocycles. The Labute approximate surface area is 127 Å². The van der Waals surface area contributed by atoms with Gasteiger partial charge in [0.1, 0.15) is 0 Å². The first-order chi connectivity index (χ1) is 6.90. The molecule has 0 saturated carbocycles. The van der Waals surface area contributed by atoms with Gasteiger partial charge in [-0.3, -0.25) is 0 Å². The summed E-state index contributed by atoms with van der Waals surface area (Å²) in [6, 6.07) is 0. The molecule has 1 aliphatic heterocycles. The molecule has 0 fully saturated rings.